The minimum Gasteiger partial charge on any atom is -0.392 e. The molecule has 0 amide bonds. The molecule has 0 aliphatic carbocycles. The normalized spacial score (nSPS) is 12.5. The number of benzene rings is 1. The van der Waals surface area contributed by atoms with Crippen LogP contribution in [0.3, 0.4) is 0 Å². The molecule has 0 bridgehead atoms. The first-order valence-corrected chi connectivity index (χ1v) is 6.10. The lowest BCUT2D eigenvalue weighted by molar-refractivity contribution is 0.182. The van der Waals surface area contributed by atoms with Crippen LogP contribution in [0, 0.1) is 6.92 Å². The molecule has 1 rings (SSSR count). The molecule has 0 radical (unpaired) electrons. The first kappa shape index (κ1) is 14.0. The van der Waals surface area contributed by atoms with Crippen LogP contribution < -0.4 is 4.90 Å². The van der Waals surface area contributed by atoms with Gasteiger partial charge in [0.25, 0.3) is 0 Å². The molecule has 0 spiro atoms. The summed E-state index contributed by atoms with van der Waals surface area (Å²) in [7, 11) is 1.73. The van der Waals surface area contributed by atoms with Gasteiger partial charge in [-0.3, -0.25) is 0 Å². The molecular weight excluding hydrogens is 214 g/mol. The van der Waals surface area contributed by atoms with Crippen molar-refractivity contribution < 1.29 is 9.84 Å². The first-order valence-electron chi connectivity index (χ1n) is 6.10. The van der Waals surface area contributed by atoms with Gasteiger partial charge in [-0.2, -0.15) is 0 Å². The molecule has 17 heavy (non-hydrogen) atoms. The maximum absolute atomic E-state index is 9.16. The minimum atomic E-state index is 0.103. The van der Waals surface area contributed by atoms with Gasteiger partial charge in [0, 0.05) is 25.4 Å². The molecule has 0 aliphatic heterocycles. The van der Waals surface area contributed by atoms with Crippen LogP contribution in [0.15, 0.2) is 18.2 Å². The van der Waals surface area contributed by atoms with Gasteiger partial charge in [0.15, 0.2) is 0 Å². The smallest absolute Gasteiger partial charge is 0.0684 e. The van der Waals surface area contributed by atoms with Crippen LogP contribution in [-0.4, -0.2) is 31.4 Å². The quantitative estimate of drug-likeness (QED) is 0.824. The Bertz CT molecular complexity index is 352. The number of aliphatic hydroxyl groups excluding tert-OH is 1. The number of hydrogen-bond donors (Lipinski definition) is 1. The van der Waals surface area contributed by atoms with Crippen molar-refractivity contribution >= 4 is 5.69 Å². The predicted molar refractivity (Wildman–Crippen MR) is 71.5 cm³/mol. The molecule has 0 saturated carbocycles. The molecule has 3 nitrogen and oxygen atoms in total. The maximum atomic E-state index is 9.16. The highest BCUT2D eigenvalue weighted by Gasteiger charge is 2.13. The van der Waals surface area contributed by atoms with Crippen molar-refractivity contribution in [1.29, 1.82) is 0 Å². The van der Waals surface area contributed by atoms with E-state index in [-0.39, 0.29) is 6.61 Å². The fraction of sp³-hybridized carbons (Fsp3) is 0.571. The fourth-order valence-corrected chi connectivity index (χ4v) is 2.12. The zero-order chi connectivity index (χ0) is 12.8. The Kier molecular flexibility index (Phi) is 5.45. The summed E-state index contributed by atoms with van der Waals surface area (Å²) in [5.41, 5.74) is 3.31. The molecule has 0 aromatic heterocycles. The highest BCUT2D eigenvalue weighted by atomic mass is 16.5. The molecular formula is C14H23NO2. The van der Waals surface area contributed by atoms with Crippen LogP contribution in [-0.2, 0) is 11.3 Å². The summed E-state index contributed by atoms with van der Waals surface area (Å²) in [6, 6.07) is 6.53. The number of ether oxygens (including phenoxy) is 1. The Labute approximate surface area is 104 Å². The van der Waals surface area contributed by atoms with E-state index in [4.69, 9.17) is 9.84 Å². The van der Waals surface area contributed by atoms with E-state index in [1.807, 2.05) is 13.0 Å². The van der Waals surface area contributed by atoms with E-state index in [2.05, 4.69) is 30.9 Å². The summed E-state index contributed by atoms with van der Waals surface area (Å²) < 4.78 is 5.20. The van der Waals surface area contributed by atoms with E-state index in [0.29, 0.717) is 12.6 Å². The summed E-state index contributed by atoms with van der Waals surface area (Å²) >= 11 is 0. The van der Waals surface area contributed by atoms with E-state index < -0.39 is 0 Å². The zero-order valence-electron chi connectivity index (χ0n) is 11.2. The average Bonchev–Trinajstić information content (AvgIpc) is 2.30. The lowest BCUT2D eigenvalue weighted by Crippen LogP contribution is -2.36. The minimum absolute atomic E-state index is 0.103. The number of anilines is 1. The van der Waals surface area contributed by atoms with Crippen molar-refractivity contribution in [1.82, 2.24) is 0 Å². The number of rotatable bonds is 6. The molecule has 0 aliphatic rings. The molecule has 0 fully saturated rings. The molecule has 1 aromatic carbocycles. The molecule has 0 heterocycles. The van der Waals surface area contributed by atoms with Crippen molar-refractivity contribution in [3.05, 3.63) is 29.3 Å². The van der Waals surface area contributed by atoms with Gasteiger partial charge in [0.2, 0.25) is 0 Å². The molecule has 0 saturated heterocycles. The molecule has 1 aromatic rings. The largest absolute Gasteiger partial charge is 0.392 e. The van der Waals surface area contributed by atoms with Crippen LogP contribution in [0.1, 0.15) is 25.0 Å². The summed E-state index contributed by atoms with van der Waals surface area (Å²) in [6.45, 7) is 8.09. The van der Waals surface area contributed by atoms with Gasteiger partial charge >= 0.3 is 0 Å². The van der Waals surface area contributed by atoms with E-state index in [1.165, 1.54) is 5.69 Å². The van der Waals surface area contributed by atoms with Crippen molar-refractivity contribution in [3.8, 4) is 0 Å². The Morgan fingerprint density at radius 1 is 1.41 bits per heavy atom. The van der Waals surface area contributed by atoms with Gasteiger partial charge in [-0.05, 0) is 44.0 Å². The Morgan fingerprint density at radius 3 is 2.59 bits per heavy atom. The summed E-state index contributed by atoms with van der Waals surface area (Å²) in [4.78, 5) is 2.30. The third-order valence-corrected chi connectivity index (χ3v) is 3.11. The van der Waals surface area contributed by atoms with Crippen molar-refractivity contribution in [2.24, 2.45) is 0 Å². The molecule has 1 N–H and O–H groups in total. The second-order valence-electron chi connectivity index (χ2n) is 4.36. The Balaban J connectivity index is 2.92. The molecule has 3 heteroatoms. The second-order valence-corrected chi connectivity index (χ2v) is 4.36. The number of likely N-dealkylation sites (N-methyl/N-ethyl adjacent to an activating group) is 1. The van der Waals surface area contributed by atoms with Crippen molar-refractivity contribution in [2.75, 3.05) is 25.2 Å². The van der Waals surface area contributed by atoms with Crippen LogP contribution >= 0.6 is 0 Å². The van der Waals surface area contributed by atoms with Crippen LogP contribution in [0.25, 0.3) is 0 Å². The predicted octanol–water partition coefficient (Wildman–Crippen LogP) is 2.35. The number of methoxy groups -OCH3 is 1. The fourth-order valence-electron chi connectivity index (χ4n) is 2.12. The first-order chi connectivity index (χ1) is 8.13. The van der Waals surface area contributed by atoms with Crippen molar-refractivity contribution in [2.45, 2.75) is 33.4 Å². The Morgan fingerprint density at radius 2 is 2.12 bits per heavy atom. The Hall–Kier alpha value is -1.06. The average molecular weight is 237 g/mol. The van der Waals surface area contributed by atoms with E-state index in [0.717, 1.165) is 17.7 Å². The summed E-state index contributed by atoms with van der Waals surface area (Å²) in [6.07, 6.45) is 0. The maximum Gasteiger partial charge on any atom is 0.0684 e. The van der Waals surface area contributed by atoms with Gasteiger partial charge in [-0.1, -0.05) is 6.07 Å². The summed E-state index contributed by atoms with van der Waals surface area (Å²) in [5.74, 6) is 0. The van der Waals surface area contributed by atoms with Crippen LogP contribution in [0.5, 0.6) is 0 Å². The van der Waals surface area contributed by atoms with Gasteiger partial charge in [0.1, 0.15) is 0 Å². The molecule has 1 atom stereocenters. The topological polar surface area (TPSA) is 32.7 Å². The van der Waals surface area contributed by atoms with Gasteiger partial charge in [0.05, 0.1) is 13.2 Å². The van der Waals surface area contributed by atoms with Gasteiger partial charge < -0.3 is 14.7 Å². The second kappa shape index (κ2) is 6.62. The van der Waals surface area contributed by atoms with E-state index in [1.54, 1.807) is 7.11 Å². The molecule has 1 unspecified atom stereocenters. The standard InChI is InChI=1S/C14H23NO2/c1-5-15(12(3)10-17-4)14-7-6-13(9-16)11(2)8-14/h6-8,12,16H,5,9-10H2,1-4H3. The van der Waals surface area contributed by atoms with Crippen LogP contribution in [0.2, 0.25) is 0 Å². The number of hydrogen-bond acceptors (Lipinski definition) is 3. The number of aliphatic hydroxyl groups is 1. The van der Waals surface area contributed by atoms with E-state index >= 15 is 0 Å². The third kappa shape index (κ3) is 3.45. The molecule has 96 valence electrons. The third-order valence-electron chi connectivity index (χ3n) is 3.11. The highest BCUT2D eigenvalue weighted by molar-refractivity contribution is 5.51. The zero-order valence-corrected chi connectivity index (χ0v) is 11.2. The number of nitrogens with zero attached hydrogens (tertiary/aromatic N) is 1. The highest BCUT2D eigenvalue weighted by Crippen LogP contribution is 2.21. The number of aryl methyl sites for hydroxylation is 1. The van der Waals surface area contributed by atoms with Gasteiger partial charge in [-0.15, -0.1) is 0 Å². The summed E-state index contributed by atoms with van der Waals surface area (Å²) in [5, 5.41) is 9.16. The van der Waals surface area contributed by atoms with Crippen LogP contribution in [0.4, 0.5) is 5.69 Å². The SMILES string of the molecule is CCN(c1ccc(CO)c(C)c1)C(C)COC. The lowest BCUT2D eigenvalue weighted by atomic mass is 10.1. The lowest BCUT2D eigenvalue weighted by Gasteiger charge is -2.30. The van der Waals surface area contributed by atoms with E-state index in [9.17, 15) is 0 Å². The van der Waals surface area contributed by atoms with Gasteiger partial charge in [-0.25, -0.2) is 0 Å². The van der Waals surface area contributed by atoms with Crippen molar-refractivity contribution in [3.63, 3.8) is 0 Å². The monoisotopic (exact) mass is 237 g/mol.